The topological polar surface area (TPSA) is 15.3 Å². The molecular formula is C16H26N2. The minimum absolute atomic E-state index is 0.847. The summed E-state index contributed by atoms with van der Waals surface area (Å²) < 4.78 is 0. The fraction of sp³-hybridized carbons (Fsp3) is 0.625. The minimum Gasteiger partial charge on any atom is -0.385 e. The first-order valence-corrected chi connectivity index (χ1v) is 7.25. The Bertz CT molecular complexity index is 385. The Morgan fingerprint density at radius 3 is 2.89 bits per heavy atom. The van der Waals surface area contributed by atoms with Gasteiger partial charge in [-0.3, -0.25) is 0 Å². The van der Waals surface area contributed by atoms with Crippen LogP contribution >= 0.6 is 0 Å². The van der Waals surface area contributed by atoms with Gasteiger partial charge in [-0.2, -0.15) is 0 Å². The SMILES string of the molecule is CCCC[C@H]1CCc2cc(N(C)C)ccc2NC1. The van der Waals surface area contributed by atoms with Crippen molar-refractivity contribution in [3.05, 3.63) is 23.8 Å². The van der Waals surface area contributed by atoms with Crippen LogP contribution in [0.5, 0.6) is 0 Å². The van der Waals surface area contributed by atoms with Gasteiger partial charge in [0.2, 0.25) is 0 Å². The van der Waals surface area contributed by atoms with Gasteiger partial charge in [0, 0.05) is 32.0 Å². The van der Waals surface area contributed by atoms with Gasteiger partial charge in [0.1, 0.15) is 0 Å². The quantitative estimate of drug-likeness (QED) is 0.866. The van der Waals surface area contributed by atoms with Crippen molar-refractivity contribution >= 4 is 11.4 Å². The Morgan fingerprint density at radius 1 is 1.33 bits per heavy atom. The van der Waals surface area contributed by atoms with Crippen LogP contribution in [0.25, 0.3) is 0 Å². The molecule has 1 N–H and O–H groups in total. The van der Waals surface area contributed by atoms with Crippen LogP contribution in [-0.2, 0) is 6.42 Å². The van der Waals surface area contributed by atoms with E-state index >= 15 is 0 Å². The van der Waals surface area contributed by atoms with E-state index in [9.17, 15) is 0 Å². The fourth-order valence-electron chi connectivity index (χ4n) is 2.69. The van der Waals surface area contributed by atoms with Gasteiger partial charge in [0.25, 0.3) is 0 Å². The van der Waals surface area contributed by atoms with Gasteiger partial charge in [-0.15, -0.1) is 0 Å². The summed E-state index contributed by atoms with van der Waals surface area (Å²) in [7, 11) is 4.21. The first kappa shape index (κ1) is 13.3. The van der Waals surface area contributed by atoms with Crippen molar-refractivity contribution in [2.24, 2.45) is 5.92 Å². The van der Waals surface area contributed by atoms with E-state index in [0.717, 1.165) is 12.5 Å². The standard InChI is InChI=1S/C16H26N2/c1-4-5-6-13-7-8-14-11-15(18(2)3)9-10-16(14)17-12-13/h9-11,13,17H,4-8,12H2,1-3H3/t13-/m0/s1. The highest BCUT2D eigenvalue weighted by atomic mass is 15.1. The molecule has 2 heteroatoms. The summed E-state index contributed by atoms with van der Waals surface area (Å²) in [4.78, 5) is 2.18. The van der Waals surface area contributed by atoms with Crippen LogP contribution in [0.4, 0.5) is 11.4 Å². The van der Waals surface area contributed by atoms with E-state index < -0.39 is 0 Å². The number of benzene rings is 1. The van der Waals surface area contributed by atoms with Gasteiger partial charge in [-0.25, -0.2) is 0 Å². The first-order chi connectivity index (χ1) is 8.70. The molecule has 2 rings (SSSR count). The van der Waals surface area contributed by atoms with Crippen LogP contribution in [0.15, 0.2) is 18.2 Å². The summed E-state index contributed by atoms with van der Waals surface area (Å²) in [5.74, 6) is 0.847. The molecule has 0 spiro atoms. The fourth-order valence-corrected chi connectivity index (χ4v) is 2.69. The maximum absolute atomic E-state index is 3.63. The maximum Gasteiger partial charge on any atom is 0.0374 e. The Balaban J connectivity index is 2.05. The second kappa shape index (κ2) is 6.12. The van der Waals surface area contributed by atoms with Gasteiger partial charge in [-0.05, 0) is 48.9 Å². The van der Waals surface area contributed by atoms with Crippen LogP contribution < -0.4 is 10.2 Å². The average molecular weight is 246 g/mol. The molecule has 1 aliphatic rings. The molecule has 18 heavy (non-hydrogen) atoms. The number of anilines is 2. The maximum atomic E-state index is 3.63. The Hall–Kier alpha value is -1.18. The molecule has 0 fully saturated rings. The normalized spacial score (nSPS) is 18.7. The largest absolute Gasteiger partial charge is 0.385 e. The van der Waals surface area contributed by atoms with Crippen LogP contribution in [0.2, 0.25) is 0 Å². The van der Waals surface area contributed by atoms with Crippen LogP contribution in [0.1, 0.15) is 38.2 Å². The molecule has 2 nitrogen and oxygen atoms in total. The molecule has 1 aromatic carbocycles. The van der Waals surface area contributed by atoms with Crippen molar-refractivity contribution < 1.29 is 0 Å². The lowest BCUT2D eigenvalue weighted by atomic mass is 9.96. The van der Waals surface area contributed by atoms with Crippen LogP contribution in [0, 0.1) is 5.92 Å². The molecule has 1 aliphatic heterocycles. The van der Waals surface area contributed by atoms with Gasteiger partial charge in [-0.1, -0.05) is 19.8 Å². The molecule has 0 aliphatic carbocycles. The molecule has 1 atom stereocenters. The smallest absolute Gasteiger partial charge is 0.0374 e. The molecule has 0 amide bonds. The lowest BCUT2D eigenvalue weighted by Crippen LogP contribution is -2.12. The summed E-state index contributed by atoms with van der Waals surface area (Å²) in [6, 6.07) is 6.79. The van der Waals surface area contributed by atoms with Gasteiger partial charge in [0.15, 0.2) is 0 Å². The first-order valence-electron chi connectivity index (χ1n) is 7.25. The molecule has 0 radical (unpaired) electrons. The number of nitrogens with zero attached hydrogens (tertiary/aromatic N) is 1. The van der Waals surface area contributed by atoms with Gasteiger partial charge in [0.05, 0.1) is 0 Å². The summed E-state index contributed by atoms with van der Waals surface area (Å²) in [6.07, 6.45) is 6.60. The van der Waals surface area contributed by atoms with Crippen molar-refractivity contribution in [2.45, 2.75) is 39.0 Å². The van der Waals surface area contributed by atoms with Crippen molar-refractivity contribution in [3.63, 3.8) is 0 Å². The van der Waals surface area contributed by atoms with Crippen LogP contribution in [0.3, 0.4) is 0 Å². The number of aryl methyl sites for hydroxylation is 1. The molecule has 0 saturated carbocycles. The average Bonchev–Trinajstić information content (AvgIpc) is 2.58. The molecule has 0 unspecified atom stereocenters. The van der Waals surface area contributed by atoms with E-state index in [1.807, 2.05) is 0 Å². The number of unbranched alkanes of at least 4 members (excludes halogenated alkanes) is 1. The van der Waals surface area contributed by atoms with E-state index in [-0.39, 0.29) is 0 Å². The number of nitrogens with one attached hydrogen (secondary N) is 1. The number of hydrogen-bond acceptors (Lipinski definition) is 2. The third-order valence-electron chi connectivity index (χ3n) is 3.97. The van der Waals surface area contributed by atoms with Crippen molar-refractivity contribution in [1.82, 2.24) is 0 Å². The summed E-state index contributed by atoms with van der Waals surface area (Å²) in [5.41, 5.74) is 4.14. The molecule has 100 valence electrons. The summed E-state index contributed by atoms with van der Waals surface area (Å²) >= 11 is 0. The molecular weight excluding hydrogens is 220 g/mol. The molecule has 1 aromatic rings. The highest BCUT2D eigenvalue weighted by Gasteiger charge is 2.15. The third-order valence-corrected chi connectivity index (χ3v) is 3.97. The Labute approximate surface area is 111 Å². The van der Waals surface area contributed by atoms with Crippen molar-refractivity contribution in [3.8, 4) is 0 Å². The monoisotopic (exact) mass is 246 g/mol. The van der Waals surface area contributed by atoms with E-state index in [4.69, 9.17) is 0 Å². The predicted octanol–water partition coefficient (Wildman–Crippen LogP) is 3.92. The van der Waals surface area contributed by atoms with E-state index in [1.165, 1.54) is 49.0 Å². The minimum atomic E-state index is 0.847. The van der Waals surface area contributed by atoms with E-state index in [0.29, 0.717) is 0 Å². The Kier molecular flexibility index (Phi) is 4.51. The van der Waals surface area contributed by atoms with E-state index in [1.54, 1.807) is 0 Å². The van der Waals surface area contributed by atoms with Gasteiger partial charge >= 0.3 is 0 Å². The van der Waals surface area contributed by atoms with Crippen molar-refractivity contribution in [1.29, 1.82) is 0 Å². The third kappa shape index (κ3) is 3.18. The summed E-state index contributed by atoms with van der Waals surface area (Å²) in [6.45, 7) is 3.43. The zero-order valence-corrected chi connectivity index (χ0v) is 12.0. The van der Waals surface area contributed by atoms with Crippen molar-refractivity contribution in [2.75, 3.05) is 30.9 Å². The summed E-state index contributed by atoms with van der Waals surface area (Å²) in [5, 5.41) is 3.63. The number of hydrogen-bond donors (Lipinski definition) is 1. The molecule has 1 heterocycles. The number of fused-ring (bicyclic) bond motifs is 1. The predicted molar refractivity (Wildman–Crippen MR) is 80.6 cm³/mol. The molecule has 0 aromatic heterocycles. The highest BCUT2D eigenvalue weighted by Crippen LogP contribution is 2.29. The lowest BCUT2D eigenvalue weighted by molar-refractivity contribution is 0.461. The van der Waals surface area contributed by atoms with Crippen LogP contribution in [-0.4, -0.2) is 20.6 Å². The van der Waals surface area contributed by atoms with Gasteiger partial charge < -0.3 is 10.2 Å². The van der Waals surface area contributed by atoms with E-state index in [2.05, 4.69) is 49.4 Å². The molecule has 0 bridgehead atoms. The lowest BCUT2D eigenvalue weighted by Gasteiger charge is -2.16. The second-order valence-corrected chi connectivity index (χ2v) is 5.66. The highest BCUT2D eigenvalue weighted by molar-refractivity contribution is 5.60. The zero-order valence-electron chi connectivity index (χ0n) is 12.0. The Morgan fingerprint density at radius 2 is 2.17 bits per heavy atom. The number of rotatable bonds is 4. The zero-order chi connectivity index (χ0) is 13.0. The second-order valence-electron chi connectivity index (χ2n) is 5.66. The molecule has 0 saturated heterocycles.